The van der Waals surface area contributed by atoms with Crippen LogP contribution in [0, 0.1) is 0 Å². The Bertz CT molecular complexity index is 1280. The molecule has 4 heterocycles. The minimum Gasteiger partial charge on any atom is -0.325 e. The Kier molecular flexibility index (Phi) is 5.55. The molecular formula is C26H22Cl2N6. The summed E-state index contributed by atoms with van der Waals surface area (Å²) < 4.78 is 4.26. The first-order valence-electron chi connectivity index (χ1n) is 11.3. The Hall–Kier alpha value is -3.22. The third kappa shape index (κ3) is 3.87. The molecule has 8 heteroatoms. The summed E-state index contributed by atoms with van der Waals surface area (Å²) in [4.78, 5) is 9.09. The van der Waals surface area contributed by atoms with Crippen LogP contribution in [0.1, 0.15) is 46.0 Å². The number of hydrogen-bond acceptors (Lipinski definition) is 4. The second kappa shape index (κ2) is 8.85. The normalized spacial score (nSPS) is 19.4. The van der Waals surface area contributed by atoms with Gasteiger partial charge in [-0.2, -0.15) is 10.2 Å². The van der Waals surface area contributed by atoms with Gasteiger partial charge in [0.15, 0.2) is 10.3 Å². The molecule has 0 aliphatic carbocycles. The van der Waals surface area contributed by atoms with E-state index in [4.69, 9.17) is 23.2 Å². The molecule has 0 bridgehead atoms. The molecule has 0 spiro atoms. The van der Waals surface area contributed by atoms with E-state index in [2.05, 4.69) is 77.8 Å². The van der Waals surface area contributed by atoms with Crippen molar-refractivity contribution < 1.29 is 0 Å². The minimum atomic E-state index is 0.391. The Labute approximate surface area is 207 Å². The van der Waals surface area contributed by atoms with Gasteiger partial charge in [-0.3, -0.25) is 0 Å². The Morgan fingerprint density at radius 3 is 1.50 bits per heavy atom. The number of nitrogens with zero attached hydrogens (tertiary/aromatic N) is 6. The SMILES string of the molecule is Clc1nc2n(c1C=NN=Cc1c(Cl)nc3n1CC(c1ccccc1)C3)CC(c1ccccc1)C2. The van der Waals surface area contributed by atoms with E-state index in [1.165, 1.54) is 11.1 Å². The lowest BCUT2D eigenvalue weighted by Crippen LogP contribution is -2.04. The molecule has 2 aliphatic heterocycles. The van der Waals surface area contributed by atoms with Gasteiger partial charge in [-0.25, -0.2) is 9.97 Å². The van der Waals surface area contributed by atoms with Crippen LogP contribution in [0.15, 0.2) is 70.9 Å². The van der Waals surface area contributed by atoms with Crippen molar-refractivity contribution in [3.63, 3.8) is 0 Å². The van der Waals surface area contributed by atoms with Crippen molar-refractivity contribution in [2.24, 2.45) is 10.2 Å². The van der Waals surface area contributed by atoms with Crippen molar-refractivity contribution in [3.8, 4) is 0 Å². The topological polar surface area (TPSA) is 60.4 Å². The summed E-state index contributed by atoms with van der Waals surface area (Å²) in [5.41, 5.74) is 4.17. The highest BCUT2D eigenvalue weighted by Gasteiger charge is 2.29. The van der Waals surface area contributed by atoms with Crippen molar-refractivity contribution in [2.75, 3.05) is 0 Å². The second-order valence-electron chi connectivity index (χ2n) is 8.74. The van der Waals surface area contributed by atoms with Crippen LogP contribution >= 0.6 is 23.2 Å². The first-order valence-corrected chi connectivity index (χ1v) is 12.1. The number of hydrogen-bond donors (Lipinski definition) is 0. The summed E-state index contributed by atoms with van der Waals surface area (Å²) >= 11 is 12.8. The number of benzene rings is 2. The average Bonchev–Trinajstić information content (AvgIpc) is 3.59. The maximum Gasteiger partial charge on any atom is 0.156 e. The van der Waals surface area contributed by atoms with Gasteiger partial charge in [0, 0.05) is 37.8 Å². The van der Waals surface area contributed by atoms with Gasteiger partial charge in [-0.15, -0.1) is 0 Å². The zero-order valence-corrected chi connectivity index (χ0v) is 19.9. The Morgan fingerprint density at radius 2 is 1.09 bits per heavy atom. The van der Waals surface area contributed by atoms with Gasteiger partial charge in [0.1, 0.15) is 23.0 Å². The summed E-state index contributed by atoms with van der Waals surface area (Å²) in [6.45, 7) is 1.65. The molecule has 6 nitrogen and oxygen atoms in total. The summed E-state index contributed by atoms with van der Waals surface area (Å²) in [7, 11) is 0. The van der Waals surface area contributed by atoms with Crippen molar-refractivity contribution in [2.45, 2.75) is 37.8 Å². The molecule has 2 unspecified atom stereocenters. The molecule has 34 heavy (non-hydrogen) atoms. The highest BCUT2D eigenvalue weighted by Crippen LogP contribution is 2.33. The van der Waals surface area contributed by atoms with Crippen LogP contribution in [0.3, 0.4) is 0 Å². The van der Waals surface area contributed by atoms with E-state index in [-0.39, 0.29) is 0 Å². The van der Waals surface area contributed by atoms with Crippen molar-refractivity contribution >= 4 is 35.6 Å². The molecule has 2 aliphatic rings. The predicted molar refractivity (Wildman–Crippen MR) is 135 cm³/mol. The van der Waals surface area contributed by atoms with Gasteiger partial charge in [0.25, 0.3) is 0 Å². The molecule has 6 rings (SSSR count). The molecule has 0 N–H and O–H groups in total. The highest BCUT2D eigenvalue weighted by molar-refractivity contribution is 6.32. The van der Waals surface area contributed by atoms with Gasteiger partial charge in [0.05, 0.1) is 12.4 Å². The molecule has 0 amide bonds. The second-order valence-corrected chi connectivity index (χ2v) is 9.46. The molecular weight excluding hydrogens is 467 g/mol. The van der Waals surface area contributed by atoms with E-state index in [0.29, 0.717) is 22.1 Å². The maximum absolute atomic E-state index is 6.40. The van der Waals surface area contributed by atoms with Crippen LogP contribution < -0.4 is 0 Å². The molecule has 2 aromatic carbocycles. The van der Waals surface area contributed by atoms with Crippen molar-refractivity contribution in [1.29, 1.82) is 0 Å². The molecule has 2 aromatic heterocycles. The van der Waals surface area contributed by atoms with Gasteiger partial charge in [-0.05, 0) is 11.1 Å². The van der Waals surface area contributed by atoms with E-state index in [0.717, 1.165) is 49.0 Å². The van der Waals surface area contributed by atoms with Gasteiger partial charge in [0.2, 0.25) is 0 Å². The number of imidazole rings is 2. The summed E-state index contributed by atoms with van der Waals surface area (Å²) in [6.07, 6.45) is 5.07. The van der Waals surface area contributed by atoms with Crippen LogP contribution in [0.25, 0.3) is 0 Å². The zero-order chi connectivity index (χ0) is 23.1. The number of aromatic nitrogens is 4. The van der Waals surface area contributed by atoms with E-state index in [1.807, 2.05) is 12.1 Å². The monoisotopic (exact) mass is 488 g/mol. The van der Waals surface area contributed by atoms with E-state index < -0.39 is 0 Å². The fourth-order valence-electron chi connectivity index (χ4n) is 5.01. The highest BCUT2D eigenvalue weighted by atomic mass is 35.5. The third-order valence-electron chi connectivity index (χ3n) is 6.71. The van der Waals surface area contributed by atoms with Crippen LogP contribution in [0.4, 0.5) is 0 Å². The van der Waals surface area contributed by atoms with Gasteiger partial charge >= 0.3 is 0 Å². The first kappa shape index (κ1) is 21.3. The van der Waals surface area contributed by atoms with E-state index >= 15 is 0 Å². The summed E-state index contributed by atoms with van der Waals surface area (Å²) in [6, 6.07) is 21.0. The van der Waals surface area contributed by atoms with Crippen molar-refractivity contribution in [1.82, 2.24) is 19.1 Å². The van der Waals surface area contributed by atoms with Crippen LogP contribution in [0.2, 0.25) is 10.3 Å². The van der Waals surface area contributed by atoms with Crippen molar-refractivity contribution in [3.05, 3.63) is 105 Å². The standard InChI is InChI=1S/C26H22Cl2N6/c27-25-21(33-15-19(11-23(33)31-25)17-7-3-1-4-8-17)13-29-30-14-22-26(28)32-24-12-20(16-34(22)24)18-9-5-2-6-10-18/h1-10,13-14,19-20H,11-12,15-16H2. The largest absolute Gasteiger partial charge is 0.325 e. The smallest absolute Gasteiger partial charge is 0.156 e. The maximum atomic E-state index is 6.40. The quantitative estimate of drug-likeness (QED) is 0.274. The molecule has 170 valence electrons. The lowest BCUT2D eigenvalue weighted by atomic mass is 9.98. The van der Waals surface area contributed by atoms with Crippen LogP contribution in [-0.4, -0.2) is 31.5 Å². The average molecular weight is 489 g/mol. The molecule has 4 aromatic rings. The molecule has 2 atom stereocenters. The molecule has 0 fully saturated rings. The molecule has 0 saturated heterocycles. The lowest BCUT2D eigenvalue weighted by Gasteiger charge is -2.09. The first-order chi connectivity index (χ1) is 16.7. The number of fused-ring (bicyclic) bond motifs is 2. The van der Waals surface area contributed by atoms with Crippen LogP contribution in [0.5, 0.6) is 0 Å². The third-order valence-corrected chi connectivity index (χ3v) is 7.27. The van der Waals surface area contributed by atoms with E-state index in [9.17, 15) is 0 Å². The predicted octanol–water partition coefficient (Wildman–Crippen LogP) is 5.52. The fourth-order valence-corrected chi connectivity index (χ4v) is 5.51. The minimum absolute atomic E-state index is 0.391. The number of rotatable bonds is 5. The molecule has 0 saturated carbocycles. The Morgan fingerprint density at radius 1 is 0.676 bits per heavy atom. The van der Waals surface area contributed by atoms with Gasteiger partial charge < -0.3 is 9.13 Å². The Balaban J connectivity index is 1.18. The van der Waals surface area contributed by atoms with Gasteiger partial charge in [-0.1, -0.05) is 83.9 Å². The lowest BCUT2D eigenvalue weighted by molar-refractivity contribution is 0.650. The fraction of sp³-hybridized carbons (Fsp3) is 0.231. The zero-order valence-electron chi connectivity index (χ0n) is 18.4. The summed E-state index contributed by atoms with van der Waals surface area (Å²) in [5, 5.41) is 9.44. The molecule has 0 radical (unpaired) electrons. The van der Waals surface area contributed by atoms with E-state index in [1.54, 1.807) is 12.4 Å². The number of halogens is 2. The van der Waals surface area contributed by atoms with Crippen LogP contribution in [-0.2, 0) is 25.9 Å². The summed E-state index contributed by atoms with van der Waals surface area (Å²) in [5.74, 6) is 2.74.